The first-order valence-corrected chi connectivity index (χ1v) is 4.65. The van der Waals surface area contributed by atoms with Gasteiger partial charge in [0, 0.05) is 11.8 Å². The van der Waals surface area contributed by atoms with E-state index in [0.717, 1.165) is 0 Å². The molecule has 1 heterocycles. The number of carbonyl (C=O) groups is 1. The molecule has 1 N–H and O–H groups in total. The van der Waals surface area contributed by atoms with Crippen LogP contribution in [-0.2, 0) is 0 Å². The molecule has 2 aromatic rings. The molecule has 5 heteroatoms. The Hall–Kier alpha value is -2.17. The van der Waals surface area contributed by atoms with Crippen molar-refractivity contribution >= 4 is 11.6 Å². The largest absolute Gasteiger partial charge is 0.351 e. The molecule has 0 unspecified atom stereocenters. The van der Waals surface area contributed by atoms with Crippen molar-refractivity contribution in [3.05, 3.63) is 47.6 Å². The van der Waals surface area contributed by atoms with Crippen molar-refractivity contribution in [2.75, 3.05) is 5.32 Å². The number of hydrogen-bond acceptors (Lipinski definition) is 3. The molecule has 2 rings (SSSR count). The van der Waals surface area contributed by atoms with Crippen molar-refractivity contribution in [1.82, 2.24) is 5.16 Å². The molecule has 0 radical (unpaired) electrons. The minimum atomic E-state index is -0.410. The van der Waals surface area contributed by atoms with E-state index in [4.69, 9.17) is 4.52 Å². The summed E-state index contributed by atoms with van der Waals surface area (Å²) in [4.78, 5) is 11.6. The maximum absolute atomic E-state index is 12.6. The van der Waals surface area contributed by atoms with Crippen molar-refractivity contribution in [3.8, 4) is 0 Å². The van der Waals surface area contributed by atoms with E-state index >= 15 is 0 Å². The number of hydrogen-bond donors (Lipinski definition) is 1. The van der Waals surface area contributed by atoms with Crippen LogP contribution in [0.1, 0.15) is 16.2 Å². The zero-order chi connectivity index (χ0) is 11.5. The molecule has 0 saturated carbocycles. The van der Waals surface area contributed by atoms with Crippen molar-refractivity contribution in [2.24, 2.45) is 0 Å². The van der Waals surface area contributed by atoms with Crippen LogP contribution < -0.4 is 5.32 Å². The average Bonchev–Trinajstić information content (AvgIpc) is 2.68. The van der Waals surface area contributed by atoms with E-state index in [0.29, 0.717) is 11.4 Å². The van der Waals surface area contributed by atoms with E-state index in [1.807, 2.05) is 0 Å². The minimum Gasteiger partial charge on any atom is -0.351 e. The summed E-state index contributed by atoms with van der Waals surface area (Å²) in [5.74, 6) is -0.637. The molecule has 0 atom stereocenters. The van der Waals surface area contributed by atoms with Gasteiger partial charge in [-0.15, -0.1) is 0 Å². The first-order valence-electron chi connectivity index (χ1n) is 4.65. The van der Waals surface area contributed by atoms with Gasteiger partial charge in [0.15, 0.2) is 0 Å². The van der Waals surface area contributed by atoms with E-state index in [9.17, 15) is 9.18 Å². The third kappa shape index (κ3) is 2.25. The fourth-order valence-corrected chi connectivity index (χ4v) is 1.20. The second-order valence-corrected chi connectivity index (χ2v) is 3.29. The highest BCUT2D eigenvalue weighted by atomic mass is 19.1. The SMILES string of the molecule is Cc1cc(C(=O)Nc2ccc(F)cc2)on1. The second-order valence-electron chi connectivity index (χ2n) is 3.29. The van der Waals surface area contributed by atoms with Crippen LogP contribution in [0, 0.1) is 12.7 Å². The van der Waals surface area contributed by atoms with Gasteiger partial charge in [0.05, 0.1) is 5.69 Å². The van der Waals surface area contributed by atoms with E-state index in [1.54, 1.807) is 6.92 Å². The van der Waals surface area contributed by atoms with Crippen LogP contribution in [-0.4, -0.2) is 11.1 Å². The summed E-state index contributed by atoms with van der Waals surface area (Å²) < 4.78 is 17.4. The molecule has 4 nitrogen and oxygen atoms in total. The van der Waals surface area contributed by atoms with E-state index in [1.165, 1.54) is 30.3 Å². The van der Waals surface area contributed by atoms with Crippen LogP contribution in [0.25, 0.3) is 0 Å². The number of aromatic nitrogens is 1. The highest BCUT2D eigenvalue weighted by Gasteiger charge is 2.11. The van der Waals surface area contributed by atoms with Gasteiger partial charge in [0.2, 0.25) is 5.76 Å². The molecule has 1 aromatic heterocycles. The molecule has 82 valence electrons. The molecule has 0 bridgehead atoms. The third-order valence-corrected chi connectivity index (χ3v) is 1.95. The quantitative estimate of drug-likeness (QED) is 0.845. The lowest BCUT2D eigenvalue weighted by Gasteiger charge is -2.01. The van der Waals surface area contributed by atoms with Crippen LogP contribution in [0.3, 0.4) is 0 Å². The van der Waals surface area contributed by atoms with E-state index in [2.05, 4.69) is 10.5 Å². The minimum absolute atomic E-state index is 0.127. The Morgan fingerprint density at radius 2 is 2.06 bits per heavy atom. The van der Waals surface area contributed by atoms with Gasteiger partial charge in [0.25, 0.3) is 5.91 Å². The Kier molecular flexibility index (Phi) is 2.68. The maximum atomic E-state index is 12.6. The summed E-state index contributed by atoms with van der Waals surface area (Å²) in [7, 11) is 0. The normalized spacial score (nSPS) is 10.1. The summed E-state index contributed by atoms with van der Waals surface area (Å²) in [5.41, 5.74) is 1.13. The van der Waals surface area contributed by atoms with Crippen LogP contribution in [0.4, 0.5) is 10.1 Å². The lowest BCUT2D eigenvalue weighted by molar-refractivity contribution is 0.0988. The van der Waals surface area contributed by atoms with E-state index < -0.39 is 5.91 Å². The summed E-state index contributed by atoms with van der Waals surface area (Å²) in [5, 5.41) is 6.16. The molecule has 16 heavy (non-hydrogen) atoms. The summed E-state index contributed by atoms with van der Waals surface area (Å²) in [6.07, 6.45) is 0. The predicted octanol–water partition coefficient (Wildman–Crippen LogP) is 2.37. The smallest absolute Gasteiger partial charge is 0.294 e. The Morgan fingerprint density at radius 1 is 1.38 bits per heavy atom. The Labute approximate surface area is 91.1 Å². The molecule has 0 saturated heterocycles. The summed E-state index contributed by atoms with van der Waals surface area (Å²) in [6, 6.07) is 6.99. The number of nitrogens with zero attached hydrogens (tertiary/aromatic N) is 1. The fraction of sp³-hybridized carbons (Fsp3) is 0.0909. The highest BCUT2D eigenvalue weighted by molar-refractivity contribution is 6.02. The number of aryl methyl sites for hydroxylation is 1. The molecule has 0 aliphatic heterocycles. The summed E-state index contributed by atoms with van der Waals surface area (Å²) >= 11 is 0. The van der Waals surface area contributed by atoms with Crippen LogP contribution in [0.2, 0.25) is 0 Å². The number of rotatable bonds is 2. The topological polar surface area (TPSA) is 55.1 Å². The molecule has 0 fully saturated rings. The van der Waals surface area contributed by atoms with Gasteiger partial charge in [-0.2, -0.15) is 0 Å². The van der Waals surface area contributed by atoms with Crippen LogP contribution >= 0.6 is 0 Å². The molecular formula is C11H9FN2O2. The summed E-state index contributed by atoms with van der Waals surface area (Å²) in [6.45, 7) is 1.72. The van der Waals surface area contributed by atoms with Crippen molar-refractivity contribution in [1.29, 1.82) is 0 Å². The standard InChI is InChI=1S/C11H9FN2O2/c1-7-6-10(16-14-7)11(15)13-9-4-2-8(12)3-5-9/h2-6H,1H3,(H,13,15). The number of anilines is 1. The maximum Gasteiger partial charge on any atom is 0.294 e. The molecule has 1 aromatic carbocycles. The van der Waals surface area contributed by atoms with E-state index in [-0.39, 0.29) is 11.6 Å². The first kappa shape index (κ1) is 10.4. The monoisotopic (exact) mass is 220 g/mol. The third-order valence-electron chi connectivity index (χ3n) is 1.95. The number of nitrogens with one attached hydrogen (secondary N) is 1. The van der Waals surface area contributed by atoms with Gasteiger partial charge in [-0.25, -0.2) is 4.39 Å². The van der Waals surface area contributed by atoms with Gasteiger partial charge in [0.1, 0.15) is 5.82 Å². The molecule has 1 amide bonds. The van der Waals surface area contributed by atoms with Crippen molar-refractivity contribution in [3.63, 3.8) is 0 Å². The van der Waals surface area contributed by atoms with Gasteiger partial charge in [-0.1, -0.05) is 5.16 Å². The van der Waals surface area contributed by atoms with Crippen LogP contribution in [0.5, 0.6) is 0 Å². The zero-order valence-corrected chi connectivity index (χ0v) is 8.53. The van der Waals surface area contributed by atoms with Gasteiger partial charge in [-0.05, 0) is 31.2 Å². The Morgan fingerprint density at radius 3 is 2.62 bits per heavy atom. The van der Waals surface area contributed by atoms with Gasteiger partial charge >= 0.3 is 0 Å². The second kappa shape index (κ2) is 4.14. The number of amides is 1. The first-order chi connectivity index (χ1) is 7.65. The Bertz CT molecular complexity index is 505. The van der Waals surface area contributed by atoms with Crippen molar-refractivity contribution < 1.29 is 13.7 Å². The highest BCUT2D eigenvalue weighted by Crippen LogP contribution is 2.10. The average molecular weight is 220 g/mol. The number of carbonyl (C=O) groups excluding carboxylic acids is 1. The fourth-order valence-electron chi connectivity index (χ4n) is 1.20. The van der Waals surface area contributed by atoms with Crippen LogP contribution in [0.15, 0.2) is 34.9 Å². The lowest BCUT2D eigenvalue weighted by Crippen LogP contribution is -2.10. The zero-order valence-electron chi connectivity index (χ0n) is 8.53. The number of benzene rings is 1. The predicted molar refractivity (Wildman–Crippen MR) is 55.6 cm³/mol. The molecule has 0 aliphatic carbocycles. The Balaban J connectivity index is 2.10. The van der Waals surface area contributed by atoms with Gasteiger partial charge < -0.3 is 9.84 Å². The molecule has 0 aliphatic rings. The molecule has 0 spiro atoms. The van der Waals surface area contributed by atoms with Crippen molar-refractivity contribution in [2.45, 2.75) is 6.92 Å². The lowest BCUT2D eigenvalue weighted by atomic mass is 10.3. The van der Waals surface area contributed by atoms with Gasteiger partial charge in [-0.3, -0.25) is 4.79 Å². The number of halogens is 1. The molecular weight excluding hydrogens is 211 g/mol.